The van der Waals surface area contributed by atoms with Crippen LogP contribution in [-0.4, -0.2) is 27.5 Å². The molecule has 5 heteroatoms. The van der Waals surface area contributed by atoms with E-state index in [1.165, 1.54) is 0 Å². The summed E-state index contributed by atoms with van der Waals surface area (Å²) in [4.78, 5) is 25.2. The summed E-state index contributed by atoms with van der Waals surface area (Å²) in [5.74, 6) is -0.431. The topological polar surface area (TPSA) is 53.2 Å². The van der Waals surface area contributed by atoms with E-state index >= 15 is 0 Å². The number of aromatic nitrogens is 2. The first-order valence-electron chi connectivity index (χ1n) is 8.65. The van der Waals surface area contributed by atoms with Gasteiger partial charge in [-0.1, -0.05) is 13.3 Å². The highest BCUT2D eigenvalue weighted by molar-refractivity contribution is 6.07. The second-order valence-electron chi connectivity index (χ2n) is 6.34. The number of esters is 1. The molecule has 2 aromatic heterocycles. The molecule has 1 atom stereocenters. The van der Waals surface area contributed by atoms with Gasteiger partial charge in [-0.3, -0.25) is 9.59 Å². The largest absolute Gasteiger partial charge is 0.465 e. The number of carbonyl (C=O) groups is 2. The zero-order valence-corrected chi connectivity index (χ0v) is 14.3. The molecule has 1 aliphatic heterocycles. The maximum atomic E-state index is 12.8. The smallest absolute Gasteiger partial charge is 0.314 e. The van der Waals surface area contributed by atoms with Gasteiger partial charge in [0.25, 0.3) is 0 Å². The van der Waals surface area contributed by atoms with Gasteiger partial charge in [-0.2, -0.15) is 0 Å². The molecule has 0 saturated heterocycles. The van der Waals surface area contributed by atoms with E-state index in [2.05, 4.69) is 6.92 Å². The Hall–Kier alpha value is -2.30. The zero-order valence-electron chi connectivity index (χ0n) is 14.3. The molecule has 0 aromatic carbocycles. The lowest BCUT2D eigenvalue weighted by Gasteiger charge is -2.24. The van der Waals surface area contributed by atoms with Gasteiger partial charge in [0, 0.05) is 25.5 Å². The van der Waals surface area contributed by atoms with Gasteiger partial charge in [0.1, 0.15) is 0 Å². The summed E-state index contributed by atoms with van der Waals surface area (Å²) in [5, 5.41) is 0. The Morgan fingerprint density at radius 1 is 1.25 bits per heavy atom. The van der Waals surface area contributed by atoms with Crippen LogP contribution in [0.2, 0.25) is 0 Å². The van der Waals surface area contributed by atoms with E-state index in [0.29, 0.717) is 18.0 Å². The third kappa shape index (κ3) is 3.03. The highest BCUT2D eigenvalue weighted by Gasteiger charge is 2.31. The first kappa shape index (κ1) is 16.6. The first-order valence-corrected chi connectivity index (χ1v) is 8.65. The quantitative estimate of drug-likeness (QED) is 0.464. The zero-order chi connectivity index (χ0) is 17.1. The molecular formula is C19H24N2O3. The second-order valence-corrected chi connectivity index (χ2v) is 6.34. The van der Waals surface area contributed by atoms with Crippen LogP contribution in [0.3, 0.4) is 0 Å². The number of rotatable bonds is 6. The SMILES string of the molecule is CCCCOC(=O)C1CCCn2c(C(=O)c3cccn3C)ccc21. The fourth-order valence-corrected chi connectivity index (χ4v) is 3.32. The van der Waals surface area contributed by atoms with Gasteiger partial charge >= 0.3 is 5.97 Å². The summed E-state index contributed by atoms with van der Waals surface area (Å²) in [6.07, 6.45) is 5.41. The van der Waals surface area contributed by atoms with Crippen LogP contribution in [0.25, 0.3) is 0 Å². The predicted octanol–water partition coefficient (Wildman–Crippen LogP) is 3.28. The molecule has 0 radical (unpaired) electrons. The Morgan fingerprint density at radius 2 is 2.08 bits per heavy atom. The van der Waals surface area contributed by atoms with Crippen molar-refractivity contribution < 1.29 is 14.3 Å². The van der Waals surface area contributed by atoms with Crippen LogP contribution in [-0.2, 0) is 23.1 Å². The van der Waals surface area contributed by atoms with Gasteiger partial charge in [0.05, 0.1) is 23.9 Å². The summed E-state index contributed by atoms with van der Waals surface area (Å²) in [6.45, 7) is 3.31. The molecule has 1 aliphatic rings. The van der Waals surface area contributed by atoms with Crippen molar-refractivity contribution in [2.75, 3.05) is 6.61 Å². The number of aryl methyl sites for hydroxylation is 1. The fourth-order valence-electron chi connectivity index (χ4n) is 3.32. The number of hydrogen-bond donors (Lipinski definition) is 0. The maximum absolute atomic E-state index is 12.8. The summed E-state index contributed by atoms with van der Waals surface area (Å²) < 4.78 is 9.21. The van der Waals surface area contributed by atoms with Gasteiger partial charge in [-0.05, 0) is 43.5 Å². The summed E-state index contributed by atoms with van der Waals surface area (Å²) >= 11 is 0. The van der Waals surface area contributed by atoms with Crippen molar-refractivity contribution in [2.24, 2.45) is 7.05 Å². The van der Waals surface area contributed by atoms with Gasteiger partial charge in [0.2, 0.25) is 5.78 Å². The van der Waals surface area contributed by atoms with E-state index in [0.717, 1.165) is 37.9 Å². The van der Waals surface area contributed by atoms with Gasteiger partial charge in [-0.15, -0.1) is 0 Å². The lowest BCUT2D eigenvalue weighted by Crippen LogP contribution is -2.26. The summed E-state index contributed by atoms with van der Waals surface area (Å²) in [5.41, 5.74) is 2.21. The number of ether oxygens (including phenoxy) is 1. The van der Waals surface area contributed by atoms with E-state index < -0.39 is 0 Å². The Labute approximate surface area is 142 Å². The molecule has 2 aromatic rings. The minimum atomic E-state index is -0.259. The van der Waals surface area contributed by atoms with Crippen molar-refractivity contribution >= 4 is 11.8 Å². The van der Waals surface area contributed by atoms with Crippen LogP contribution in [0.1, 0.15) is 60.4 Å². The molecule has 3 heterocycles. The lowest BCUT2D eigenvalue weighted by atomic mass is 9.96. The Bertz CT molecular complexity index is 742. The number of unbranched alkanes of at least 4 members (excludes halogenated alkanes) is 1. The molecule has 3 rings (SSSR count). The highest BCUT2D eigenvalue weighted by atomic mass is 16.5. The van der Waals surface area contributed by atoms with E-state index in [1.54, 1.807) is 0 Å². The molecule has 0 bridgehead atoms. The van der Waals surface area contributed by atoms with E-state index in [4.69, 9.17) is 4.74 Å². The second kappa shape index (κ2) is 7.07. The van der Waals surface area contributed by atoms with Crippen LogP contribution in [0.15, 0.2) is 30.5 Å². The molecular weight excluding hydrogens is 304 g/mol. The number of carbonyl (C=O) groups excluding carboxylic acids is 2. The van der Waals surface area contributed by atoms with Crippen molar-refractivity contribution in [3.8, 4) is 0 Å². The number of ketones is 1. The van der Waals surface area contributed by atoms with Gasteiger partial charge < -0.3 is 13.9 Å². The number of fused-ring (bicyclic) bond motifs is 1. The Morgan fingerprint density at radius 3 is 2.79 bits per heavy atom. The molecule has 128 valence electrons. The molecule has 0 fully saturated rings. The fraction of sp³-hybridized carbons (Fsp3) is 0.474. The van der Waals surface area contributed by atoms with Gasteiger partial charge in [-0.25, -0.2) is 0 Å². The van der Waals surface area contributed by atoms with Crippen LogP contribution < -0.4 is 0 Å². The lowest BCUT2D eigenvalue weighted by molar-refractivity contribution is -0.146. The molecule has 5 nitrogen and oxygen atoms in total. The monoisotopic (exact) mass is 328 g/mol. The number of nitrogens with zero attached hydrogens (tertiary/aromatic N) is 2. The molecule has 0 N–H and O–H groups in total. The third-order valence-corrected chi connectivity index (χ3v) is 4.68. The Balaban J connectivity index is 1.83. The van der Waals surface area contributed by atoms with Crippen LogP contribution in [0.4, 0.5) is 0 Å². The third-order valence-electron chi connectivity index (χ3n) is 4.68. The average molecular weight is 328 g/mol. The van der Waals surface area contributed by atoms with Crippen LogP contribution in [0.5, 0.6) is 0 Å². The minimum Gasteiger partial charge on any atom is -0.465 e. The van der Waals surface area contributed by atoms with E-state index in [9.17, 15) is 9.59 Å². The van der Waals surface area contributed by atoms with Gasteiger partial charge in [0.15, 0.2) is 0 Å². The average Bonchev–Trinajstić information content (AvgIpc) is 3.20. The van der Waals surface area contributed by atoms with E-state index in [1.807, 2.05) is 46.6 Å². The standard InChI is InChI=1S/C19H24N2O3/c1-3-4-13-24-19(23)14-7-5-12-21-15(14)9-10-17(21)18(22)16-8-6-11-20(16)2/h6,8-11,14H,3-5,7,12-13H2,1-2H3. The normalized spacial score (nSPS) is 16.7. The Kier molecular flexibility index (Phi) is 4.88. The van der Waals surface area contributed by atoms with Crippen LogP contribution in [0, 0.1) is 0 Å². The van der Waals surface area contributed by atoms with E-state index in [-0.39, 0.29) is 17.7 Å². The highest BCUT2D eigenvalue weighted by Crippen LogP contribution is 2.31. The predicted molar refractivity (Wildman–Crippen MR) is 91.1 cm³/mol. The molecule has 1 unspecified atom stereocenters. The molecule has 0 spiro atoms. The molecule has 0 amide bonds. The molecule has 0 aliphatic carbocycles. The van der Waals surface area contributed by atoms with Crippen molar-refractivity contribution in [3.63, 3.8) is 0 Å². The van der Waals surface area contributed by atoms with Crippen LogP contribution >= 0.6 is 0 Å². The van der Waals surface area contributed by atoms with Crippen molar-refractivity contribution in [1.29, 1.82) is 0 Å². The van der Waals surface area contributed by atoms with Crippen molar-refractivity contribution in [2.45, 2.75) is 45.1 Å². The summed E-state index contributed by atoms with van der Waals surface area (Å²) in [6, 6.07) is 7.42. The first-order chi connectivity index (χ1) is 11.6. The summed E-state index contributed by atoms with van der Waals surface area (Å²) in [7, 11) is 1.86. The molecule has 24 heavy (non-hydrogen) atoms. The van der Waals surface area contributed by atoms with Crippen molar-refractivity contribution in [3.05, 3.63) is 47.5 Å². The maximum Gasteiger partial charge on any atom is 0.314 e. The number of hydrogen-bond acceptors (Lipinski definition) is 3. The molecule has 0 saturated carbocycles. The minimum absolute atomic E-state index is 0.00579. The van der Waals surface area contributed by atoms with Crippen molar-refractivity contribution in [1.82, 2.24) is 9.13 Å².